The van der Waals surface area contributed by atoms with E-state index in [2.05, 4.69) is 10.3 Å². The number of carboxylic acids is 1. The number of carboxylic acid groups (broad SMARTS) is 1. The molecule has 0 spiro atoms. The third kappa shape index (κ3) is 4.54. The van der Waals surface area contributed by atoms with Crippen LogP contribution in [0.15, 0.2) is 30.6 Å². The molecular weight excluding hydrogens is 244 g/mol. The highest BCUT2D eigenvalue weighted by Gasteiger charge is 2.31. The van der Waals surface area contributed by atoms with E-state index >= 15 is 0 Å². The van der Waals surface area contributed by atoms with Gasteiger partial charge in [-0.1, -0.05) is 13.0 Å². The van der Waals surface area contributed by atoms with Crippen LogP contribution < -0.4 is 5.32 Å². The van der Waals surface area contributed by atoms with Crippen LogP contribution in [-0.2, 0) is 9.59 Å². The zero-order chi connectivity index (χ0) is 14.3. The first-order chi connectivity index (χ1) is 8.98. The minimum atomic E-state index is -0.933. The Morgan fingerprint density at radius 2 is 2.26 bits per heavy atom. The van der Waals surface area contributed by atoms with Crippen molar-refractivity contribution in [3.05, 3.63) is 36.2 Å². The Kier molecular flexibility index (Phi) is 5.23. The summed E-state index contributed by atoms with van der Waals surface area (Å²) >= 11 is 0. The first-order valence-corrected chi connectivity index (χ1v) is 6.07. The molecule has 5 heteroatoms. The van der Waals surface area contributed by atoms with E-state index in [1.807, 2.05) is 6.07 Å². The number of carbonyl (C=O) groups is 2. The summed E-state index contributed by atoms with van der Waals surface area (Å²) in [6.07, 6.45) is 6.74. The molecule has 0 fully saturated rings. The summed E-state index contributed by atoms with van der Waals surface area (Å²) < 4.78 is 0. The second-order valence-corrected chi connectivity index (χ2v) is 4.56. The van der Waals surface area contributed by atoms with Crippen molar-refractivity contribution in [2.24, 2.45) is 5.41 Å². The van der Waals surface area contributed by atoms with Gasteiger partial charge in [0, 0.05) is 25.0 Å². The van der Waals surface area contributed by atoms with Gasteiger partial charge in [-0.05, 0) is 31.1 Å². The van der Waals surface area contributed by atoms with Gasteiger partial charge in [-0.25, -0.2) is 0 Å². The van der Waals surface area contributed by atoms with Crippen LogP contribution in [0, 0.1) is 5.41 Å². The summed E-state index contributed by atoms with van der Waals surface area (Å²) in [5.74, 6) is -1.23. The second kappa shape index (κ2) is 6.68. The normalized spacial score (nSPS) is 14.0. The molecule has 5 nitrogen and oxygen atoms in total. The number of amides is 1. The molecule has 0 saturated heterocycles. The maximum atomic E-state index is 11.6. The van der Waals surface area contributed by atoms with Crippen LogP contribution in [0.25, 0.3) is 6.08 Å². The molecule has 1 aromatic rings. The molecule has 19 heavy (non-hydrogen) atoms. The Labute approximate surface area is 112 Å². The molecule has 0 bridgehead atoms. The van der Waals surface area contributed by atoms with E-state index in [-0.39, 0.29) is 12.5 Å². The van der Waals surface area contributed by atoms with E-state index < -0.39 is 11.4 Å². The lowest BCUT2D eigenvalue weighted by atomic mass is 9.88. The Bertz CT molecular complexity index is 471. The lowest BCUT2D eigenvalue weighted by Gasteiger charge is -2.22. The van der Waals surface area contributed by atoms with Gasteiger partial charge in [0.1, 0.15) is 0 Å². The number of rotatable bonds is 6. The number of aromatic nitrogens is 1. The summed E-state index contributed by atoms with van der Waals surface area (Å²) in [7, 11) is 0. The molecule has 1 heterocycles. The van der Waals surface area contributed by atoms with Crippen LogP contribution in [0.1, 0.15) is 25.8 Å². The van der Waals surface area contributed by atoms with Crippen molar-refractivity contribution < 1.29 is 14.7 Å². The maximum Gasteiger partial charge on any atom is 0.311 e. The van der Waals surface area contributed by atoms with E-state index in [0.29, 0.717) is 6.42 Å². The molecule has 102 valence electrons. The Morgan fingerprint density at radius 3 is 2.79 bits per heavy atom. The second-order valence-electron chi connectivity index (χ2n) is 4.56. The Hall–Kier alpha value is -2.17. The molecule has 1 aromatic heterocycles. The van der Waals surface area contributed by atoms with Gasteiger partial charge >= 0.3 is 5.97 Å². The summed E-state index contributed by atoms with van der Waals surface area (Å²) in [4.78, 5) is 26.6. The van der Waals surface area contributed by atoms with E-state index in [4.69, 9.17) is 5.11 Å². The first kappa shape index (κ1) is 14.9. The van der Waals surface area contributed by atoms with Crippen LogP contribution in [0.4, 0.5) is 0 Å². The highest BCUT2D eigenvalue weighted by atomic mass is 16.4. The Balaban J connectivity index is 2.53. The molecule has 0 aliphatic heterocycles. The quantitative estimate of drug-likeness (QED) is 0.765. The van der Waals surface area contributed by atoms with Gasteiger partial charge in [-0.3, -0.25) is 14.6 Å². The van der Waals surface area contributed by atoms with Crippen molar-refractivity contribution in [3.8, 4) is 0 Å². The molecule has 0 radical (unpaired) electrons. The fourth-order valence-corrected chi connectivity index (χ4v) is 1.34. The van der Waals surface area contributed by atoms with Gasteiger partial charge < -0.3 is 10.4 Å². The number of hydrogen-bond donors (Lipinski definition) is 2. The van der Waals surface area contributed by atoms with E-state index in [1.165, 1.54) is 6.08 Å². The lowest BCUT2D eigenvalue weighted by Crippen LogP contribution is -2.40. The number of hydrogen-bond acceptors (Lipinski definition) is 3. The van der Waals surface area contributed by atoms with Crippen LogP contribution in [0.3, 0.4) is 0 Å². The van der Waals surface area contributed by atoms with Gasteiger partial charge in [0.25, 0.3) is 0 Å². The predicted molar refractivity (Wildman–Crippen MR) is 72.3 cm³/mol. The van der Waals surface area contributed by atoms with Crippen molar-refractivity contribution in [3.63, 3.8) is 0 Å². The maximum absolute atomic E-state index is 11.6. The summed E-state index contributed by atoms with van der Waals surface area (Å²) in [5, 5.41) is 11.7. The molecular formula is C14H18N2O3. The molecule has 0 aromatic carbocycles. The van der Waals surface area contributed by atoms with Crippen LogP contribution >= 0.6 is 0 Å². The number of pyridine rings is 1. The van der Waals surface area contributed by atoms with Gasteiger partial charge in [-0.15, -0.1) is 0 Å². The van der Waals surface area contributed by atoms with Gasteiger partial charge in [0.15, 0.2) is 0 Å². The third-order valence-corrected chi connectivity index (χ3v) is 3.06. The molecule has 1 amide bonds. The summed E-state index contributed by atoms with van der Waals surface area (Å²) in [6, 6.07) is 3.60. The number of nitrogens with one attached hydrogen (secondary N) is 1. The van der Waals surface area contributed by atoms with Crippen molar-refractivity contribution in [2.75, 3.05) is 6.54 Å². The van der Waals surface area contributed by atoms with E-state index in [0.717, 1.165) is 5.56 Å². The smallest absolute Gasteiger partial charge is 0.311 e. The fourth-order valence-electron chi connectivity index (χ4n) is 1.34. The van der Waals surface area contributed by atoms with Crippen LogP contribution in [-0.4, -0.2) is 28.5 Å². The largest absolute Gasteiger partial charge is 0.481 e. The summed E-state index contributed by atoms with van der Waals surface area (Å²) in [6.45, 7) is 3.50. The molecule has 1 rings (SSSR count). The summed E-state index contributed by atoms with van der Waals surface area (Å²) in [5.41, 5.74) is -0.119. The van der Waals surface area contributed by atoms with Gasteiger partial charge in [0.05, 0.1) is 5.41 Å². The third-order valence-electron chi connectivity index (χ3n) is 3.06. The van der Waals surface area contributed by atoms with Crippen molar-refractivity contribution in [2.45, 2.75) is 20.3 Å². The van der Waals surface area contributed by atoms with Crippen molar-refractivity contribution >= 4 is 18.0 Å². The fraction of sp³-hybridized carbons (Fsp3) is 0.357. The standard InChI is InChI=1S/C14H18N2O3/c1-3-14(2,13(18)19)10-16-12(17)7-6-11-5-4-8-15-9-11/h4-9H,3,10H2,1-2H3,(H,16,17)(H,18,19)/b7-6+. The lowest BCUT2D eigenvalue weighted by molar-refractivity contribution is -0.148. The van der Waals surface area contributed by atoms with E-state index in [9.17, 15) is 9.59 Å². The SMILES string of the molecule is CCC(C)(CNC(=O)/C=C/c1cccnc1)C(=O)O. The molecule has 1 unspecified atom stereocenters. The topological polar surface area (TPSA) is 79.3 Å². The number of aliphatic carboxylic acids is 1. The molecule has 2 N–H and O–H groups in total. The number of carbonyl (C=O) groups excluding carboxylic acids is 1. The first-order valence-electron chi connectivity index (χ1n) is 6.07. The zero-order valence-electron chi connectivity index (χ0n) is 11.1. The molecule has 0 aliphatic rings. The van der Waals surface area contributed by atoms with Crippen molar-refractivity contribution in [1.29, 1.82) is 0 Å². The molecule has 0 saturated carbocycles. The van der Waals surface area contributed by atoms with E-state index in [1.54, 1.807) is 38.4 Å². The highest BCUT2D eigenvalue weighted by molar-refractivity contribution is 5.92. The number of nitrogens with zero attached hydrogens (tertiary/aromatic N) is 1. The minimum absolute atomic E-state index is 0.106. The molecule has 1 atom stereocenters. The Morgan fingerprint density at radius 1 is 1.53 bits per heavy atom. The predicted octanol–water partition coefficient (Wildman–Crippen LogP) is 1.71. The monoisotopic (exact) mass is 262 g/mol. The molecule has 0 aliphatic carbocycles. The average molecular weight is 262 g/mol. The van der Waals surface area contributed by atoms with Crippen LogP contribution in [0.5, 0.6) is 0 Å². The van der Waals surface area contributed by atoms with Crippen molar-refractivity contribution in [1.82, 2.24) is 10.3 Å². The minimum Gasteiger partial charge on any atom is -0.481 e. The average Bonchev–Trinajstić information content (AvgIpc) is 2.43. The van der Waals surface area contributed by atoms with Crippen LogP contribution in [0.2, 0.25) is 0 Å². The highest BCUT2D eigenvalue weighted by Crippen LogP contribution is 2.19. The zero-order valence-corrected chi connectivity index (χ0v) is 11.1. The van der Waals surface area contributed by atoms with Gasteiger partial charge in [0.2, 0.25) is 5.91 Å². The van der Waals surface area contributed by atoms with Gasteiger partial charge in [-0.2, -0.15) is 0 Å².